The van der Waals surface area contributed by atoms with E-state index in [4.69, 9.17) is 0 Å². The van der Waals surface area contributed by atoms with Crippen molar-refractivity contribution in [2.45, 2.75) is 11.1 Å². The Morgan fingerprint density at radius 3 is 2.57 bits per heavy atom. The number of alkyl halides is 3. The van der Waals surface area contributed by atoms with Crippen LogP contribution in [0.5, 0.6) is 0 Å². The summed E-state index contributed by atoms with van der Waals surface area (Å²) < 4.78 is 55.3. The summed E-state index contributed by atoms with van der Waals surface area (Å²) in [7, 11) is -2.88. The molecular weight excluding hydrogens is 325 g/mol. The van der Waals surface area contributed by atoms with Crippen LogP contribution in [-0.2, 0) is 15.9 Å². The minimum absolute atomic E-state index is 0.0395. The maximum absolute atomic E-state index is 12.9. The fraction of sp³-hybridized carbons (Fsp3) is 0.125. The lowest BCUT2D eigenvalue weighted by Crippen LogP contribution is -2.04. The highest BCUT2D eigenvalue weighted by Crippen LogP contribution is 2.32. The zero-order valence-electron chi connectivity index (χ0n) is 12.1. The lowest BCUT2D eigenvalue weighted by atomic mass is 10.2. The second-order valence-electron chi connectivity index (χ2n) is 5.14. The SMILES string of the molecule is CS(=O)(=Nc1cccc(C(F)(F)F)c1)c1c[nH]c2ccccc12. The average Bonchev–Trinajstić information content (AvgIpc) is 2.91. The molecule has 0 aliphatic rings. The first-order valence-corrected chi connectivity index (χ1v) is 8.65. The van der Waals surface area contributed by atoms with Crippen LogP contribution in [0, 0.1) is 0 Å². The highest BCUT2D eigenvalue weighted by Gasteiger charge is 2.30. The second-order valence-corrected chi connectivity index (χ2v) is 7.37. The van der Waals surface area contributed by atoms with Crippen molar-refractivity contribution in [3.63, 3.8) is 0 Å². The Hall–Kier alpha value is -2.28. The van der Waals surface area contributed by atoms with Crippen LogP contribution in [0.3, 0.4) is 0 Å². The van der Waals surface area contributed by atoms with E-state index in [1.165, 1.54) is 18.4 Å². The molecule has 3 aromatic rings. The van der Waals surface area contributed by atoms with Crippen molar-refractivity contribution < 1.29 is 17.4 Å². The van der Waals surface area contributed by atoms with E-state index in [-0.39, 0.29) is 5.69 Å². The molecule has 120 valence electrons. The number of rotatable bonds is 2. The molecule has 7 heteroatoms. The molecule has 0 saturated heterocycles. The lowest BCUT2D eigenvalue weighted by molar-refractivity contribution is -0.137. The van der Waals surface area contributed by atoms with E-state index in [0.717, 1.165) is 23.0 Å². The summed E-state index contributed by atoms with van der Waals surface area (Å²) >= 11 is 0. The van der Waals surface area contributed by atoms with E-state index >= 15 is 0 Å². The number of benzene rings is 2. The van der Waals surface area contributed by atoms with E-state index in [9.17, 15) is 17.4 Å². The van der Waals surface area contributed by atoms with E-state index < -0.39 is 21.5 Å². The van der Waals surface area contributed by atoms with Gasteiger partial charge in [-0.3, -0.25) is 0 Å². The van der Waals surface area contributed by atoms with Crippen LogP contribution in [0.25, 0.3) is 10.9 Å². The van der Waals surface area contributed by atoms with Crippen LogP contribution in [0.1, 0.15) is 5.56 Å². The topological polar surface area (TPSA) is 45.2 Å². The number of H-pyrrole nitrogens is 1. The third-order valence-electron chi connectivity index (χ3n) is 3.41. The summed E-state index contributed by atoms with van der Waals surface area (Å²) in [6.45, 7) is 0. The van der Waals surface area contributed by atoms with Crippen LogP contribution in [0.4, 0.5) is 18.9 Å². The van der Waals surface area contributed by atoms with E-state index in [1.54, 1.807) is 18.3 Å². The molecule has 0 bridgehead atoms. The van der Waals surface area contributed by atoms with Gasteiger partial charge < -0.3 is 4.98 Å². The molecule has 1 unspecified atom stereocenters. The van der Waals surface area contributed by atoms with Crippen molar-refractivity contribution >= 4 is 26.3 Å². The van der Waals surface area contributed by atoms with Crippen LogP contribution < -0.4 is 0 Å². The third-order valence-corrected chi connectivity index (χ3v) is 5.13. The summed E-state index contributed by atoms with van der Waals surface area (Å²) in [6.07, 6.45) is -1.45. The normalized spacial score (nSPS) is 14.6. The number of nitrogens with one attached hydrogen (secondary N) is 1. The fourth-order valence-corrected chi connectivity index (χ4v) is 3.83. The van der Waals surface area contributed by atoms with Gasteiger partial charge in [-0.05, 0) is 24.3 Å². The number of para-hydroxylation sites is 1. The van der Waals surface area contributed by atoms with Crippen LogP contribution in [0.2, 0.25) is 0 Å². The van der Waals surface area contributed by atoms with Gasteiger partial charge in [-0.15, -0.1) is 0 Å². The van der Waals surface area contributed by atoms with Crippen LogP contribution in [0.15, 0.2) is 64.0 Å². The van der Waals surface area contributed by atoms with Gasteiger partial charge in [0.1, 0.15) is 0 Å². The molecule has 0 aliphatic heterocycles. The van der Waals surface area contributed by atoms with Gasteiger partial charge in [-0.1, -0.05) is 24.3 Å². The Balaban J connectivity index is 2.13. The van der Waals surface area contributed by atoms with Crippen molar-refractivity contribution in [3.05, 3.63) is 60.3 Å². The van der Waals surface area contributed by atoms with E-state index in [1.807, 2.05) is 12.1 Å². The molecular formula is C16H13F3N2OS. The highest BCUT2D eigenvalue weighted by atomic mass is 32.2. The predicted molar refractivity (Wildman–Crippen MR) is 84.2 cm³/mol. The van der Waals surface area contributed by atoms with Gasteiger partial charge in [0.05, 0.1) is 25.9 Å². The van der Waals surface area contributed by atoms with Crippen LogP contribution in [-0.4, -0.2) is 15.4 Å². The van der Waals surface area contributed by atoms with Crippen molar-refractivity contribution in [1.29, 1.82) is 0 Å². The molecule has 0 fully saturated rings. The quantitative estimate of drug-likeness (QED) is 0.704. The molecule has 1 atom stereocenters. The van der Waals surface area contributed by atoms with Gasteiger partial charge in [0.25, 0.3) is 0 Å². The first-order chi connectivity index (χ1) is 10.8. The van der Waals surface area contributed by atoms with Gasteiger partial charge in [0, 0.05) is 23.4 Å². The maximum atomic E-state index is 12.9. The van der Waals surface area contributed by atoms with Crippen molar-refractivity contribution in [2.75, 3.05) is 6.26 Å². The number of hydrogen-bond donors (Lipinski definition) is 1. The predicted octanol–water partition coefficient (Wildman–Crippen LogP) is 4.98. The zero-order valence-corrected chi connectivity index (χ0v) is 12.9. The Labute approximate surface area is 131 Å². The summed E-state index contributed by atoms with van der Waals surface area (Å²) in [4.78, 5) is 3.47. The van der Waals surface area contributed by atoms with Crippen molar-refractivity contribution in [1.82, 2.24) is 4.98 Å². The highest BCUT2D eigenvalue weighted by molar-refractivity contribution is 7.93. The molecule has 23 heavy (non-hydrogen) atoms. The smallest absolute Gasteiger partial charge is 0.360 e. The number of hydrogen-bond acceptors (Lipinski definition) is 2. The molecule has 2 aromatic carbocycles. The second kappa shape index (κ2) is 5.42. The maximum Gasteiger partial charge on any atom is 0.416 e. The van der Waals surface area contributed by atoms with Gasteiger partial charge in [0.15, 0.2) is 0 Å². The molecule has 1 heterocycles. The zero-order chi connectivity index (χ0) is 16.7. The number of fused-ring (bicyclic) bond motifs is 1. The molecule has 1 N–H and O–H groups in total. The molecule has 3 rings (SSSR count). The first kappa shape index (κ1) is 15.6. The summed E-state index contributed by atoms with van der Waals surface area (Å²) in [5.74, 6) is 0. The summed E-state index contributed by atoms with van der Waals surface area (Å²) in [5, 5.41) is 0.746. The van der Waals surface area contributed by atoms with E-state index in [2.05, 4.69) is 9.35 Å². The minimum atomic E-state index is -4.46. The van der Waals surface area contributed by atoms with Gasteiger partial charge >= 0.3 is 6.18 Å². The van der Waals surface area contributed by atoms with E-state index in [0.29, 0.717) is 4.90 Å². The number of halogens is 3. The summed E-state index contributed by atoms with van der Waals surface area (Å²) in [5.41, 5.74) is 0.0294. The molecule has 0 aliphatic carbocycles. The standard InChI is InChI=1S/C16H13F3N2OS/c1-23(22,15-10-20-14-8-3-2-7-13(14)15)21-12-6-4-5-11(9-12)16(17,18)19/h2-10,20H,1H3. The fourth-order valence-electron chi connectivity index (χ4n) is 2.35. The summed E-state index contributed by atoms with van der Waals surface area (Å²) in [6, 6.07) is 11.8. The van der Waals surface area contributed by atoms with Crippen molar-refractivity contribution in [2.24, 2.45) is 4.36 Å². The number of aromatic amines is 1. The Kier molecular flexibility index (Phi) is 3.68. The Morgan fingerprint density at radius 1 is 1.09 bits per heavy atom. The van der Waals surface area contributed by atoms with Crippen LogP contribution >= 0.6 is 0 Å². The van der Waals surface area contributed by atoms with Gasteiger partial charge in [-0.2, -0.15) is 17.5 Å². The third kappa shape index (κ3) is 3.10. The van der Waals surface area contributed by atoms with Gasteiger partial charge in [-0.25, -0.2) is 4.21 Å². The lowest BCUT2D eigenvalue weighted by Gasteiger charge is -2.08. The number of aromatic nitrogens is 1. The van der Waals surface area contributed by atoms with Gasteiger partial charge in [0.2, 0.25) is 0 Å². The molecule has 3 nitrogen and oxygen atoms in total. The monoisotopic (exact) mass is 338 g/mol. The molecule has 0 amide bonds. The molecule has 0 radical (unpaired) electrons. The molecule has 0 spiro atoms. The first-order valence-electron chi connectivity index (χ1n) is 6.73. The molecule has 0 saturated carbocycles. The average molecular weight is 338 g/mol. The number of nitrogens with zero attached hydrogens (tertiary/aromatic N) is 1. The Bertz CT molecular complexity index is 982. The minimum Gasteiger partial charge on any atom is -0.360 e. The molecule has 1 aromatic heterocycles. The van der Waals surface area contributed by atoms with Crippen molar-refractivity contribution in [3.8, 4) is 0 Å². The largest absolute Gasteiger partial charge is 0.416 e. The Morgan fingerprint density at radius 2 is 1.83 bits per heavy atom.